The number of nitrogens with zero attached hydrogens (tertiary/aromatic N) is 2. The van der Waals surface area contributed by atoms with Crippen molar-refractivity contribution < 1.29 is 4.79 Å². The molecule has 0 bridgehead atoms. The van der Waals surface area contributed by atoms with Gasteiger partial charge in [0.2, 0.25) is 0 Å². The van der Waals surface area contributed by atoms with Crippen LogP contribution in [0.1, 0.15) is 52.9 Å². The van der Waals surface area contributed by atoms with Crippen LogP contribution in [0.5, 0.6) is 0 Å². The summed E-state index contributed by atoms with van der Waals surface area (Å²) in [6, 6.07) is 0. The first-order valence-corrected chi connectivity index (χ1v) is 9.64. The number of hydrogen-bond donors (Lipinski definition) is 1. The van der Waals surface area contributed by atoms with Gasteiger partial charge in [0.1, 0.15) is 5.78 Å². The zero-order valence-corrected chi connectivity index (χ0v) is 15.5. The second kappa shape index (κ2) is 8.70. The van der Waals surface area contributed by atoms with Crippen LogP contribution in [0.25, 0.3) is 0 Å². The first-order valence-electron chi connectivity index (χ1n) is 9.13. The molecular weight excluding hydrogens is 292 g/mol. The van der Waals surface area contributed by atoms with Gasteiger partial charge < -0.3 is 4.90 Å². The second-order valence-corrected chi connectivity index (χ2v) is 8.43. The van der Waals surface area contributed by atoms with Gasteiger partial charge in [-0.05, 0) is 64.1 Å². The van der Waals surface area contributed by atoms with Gasteiger partial charge in [-0.25, -0.2) is 0 Å². The predicted molar refractivity (Wildman–Crippen MR) is 96.4 cm³/mol. The maximum absolute atomic E-state index is 11.7. The molecule has 2 rings (SSSR count). The van der Waals surface area contributed by atoms with Crippen LogP contribution in [-0.4, -0.2) is 53.7 Å². The molecule has 0 aromatic carbocycles. The van der Waals surface area contributed by atoms with Crippen molar-refractivity contribution in [3.63, 3.8) is 0 Å². The van der Waals surface area contributed by atoms with Gasteiger partial charge >= 0.3 is 0 Å². The highest BCUT2D eigenvalue weighted by Crippen LogP contribution is 2.26. The number of rotatable bonds is 7. The normalized spacial score (nSPS) is 26.7. The summed E-state index contributed by atoms with van der Waals surface area (Å²) in [6.45, 7) is 12.4. The molecule has 0 N–H and O–H groups in total. The highest BCUT2D eigenvalue weighted by Gasteiger charge is 2.28. The molecule has 0 aromatic heterocycles. The molecule has 2 fully saturated rings. The Hall–Kier alpha value is -0.0600. The molecule has 0 aromatic rings. The van der Waals surface area contributed by atoms with E-state index in [0.717, 1.165) is 24.7 Å². The number of ketones is 1. The van der Waals surface area contributed by atoms with Crippen molar-refractivity contribution in [2.24, 2.45) is 17.8 Å². The van der Waals surface area contributed by atoms with Gasteiger partial charge in [0, 0.05) is 30.8 Å². The first kappa shape index (κ1) is 18.3. The van der Waals surface area contributed by atoms with Gasteiger partial charge in [0.05, 0.1) is 0 Å². The van der Waals surface area contributed by atoms with Crippen molar-refractivity contribution in [2.75, 3.05) is 32.7 Å². The highest BCUT2D eigenvalue weighted by molar-refractivity contribution is 7.80. The average molecular weight is 327 g/mol. The summed E-state index contributed by atoms with van der Waals surface area (Å²) >= 11 is 4.55. The van der Waals surface area contributed by atoms with Crippen molar-refractivity contribution in [3.8, 4) is 0 Å². The Morgan fingerprint density at radius 3 is 2.27 bits per heavy atom. The van der Waals surface area contributed by atoms with E-state index in [9.17, 15) is 4.79 Å². The quantitative estimate of drug-likeness (QED) is 0.726. The van der Waals surface area contributed by atoms with Gasteiger partial charge in [-0.15, -0.1) is 0 Å². The summed E-state index contributed by atoms with van der Waals surface area (Å²) in [5, 5.41) is 0.397. The van der Waals surface area contributed by atoms with Crippen LogP contribution in [0.15, 0.2) is 0 Å². The molecule has 0 amide bonds. The monoisotopic (exact) mass is 326 g/mol. The number of piperidine rings is 1. The highest BCUT2D eigenvalue weighted by atomic mass is 32.1. The van der Waals surface area contributed by atoms with E-state index in [1.165, 1.54) is 52.0 Å². The summed E-state index contributed by atoms with van der Waals surface area (Å²) in [4.78, 5) is 16.9. The van der Waals surface area contributed by atoms with E-state index in [2.05, 4.69) is 29.4 Å². The fraction of sp³-hybridized carbons (Fsp3) is 0.944. The van der Waals surface area contributed by atoms with E-state index in [0.29, 0.717) is 11.2 Å². The minimum Gasteiger partial charge on any atom is -0.303 e. The standard InChI is InChI=1S/C18H34N2OS/c1-14(2)18(21)5-4-16-6-9-19(10-7-16)12-17-8-11-20(13-17)15(3)22/h14-17,22H,4-13H2,1-3H3. The predicted octanol–water partition coefficient (Wildman–Crippen LogP) is 3.30. The lowest BCUT2D eigenvalue weighted by Gasteiger charge is -2.33. The topological polar surface area (TPSA) is 23.6 Å². The molecule has 2 aliphatic rings. The number of carbonyl (C=O) groups is 1. The first-order chi connectivity index (χ1) is 10.5. The van der Waals surface area contributed by atoms with E-state index in [-0.39, 0.29) is 5.92 Å². The van der Waals surface area contributed by atoms with Crippen LogP contribution < -0.4 is 0 Å². The Morgan fingerprint density at radius 1 is 1.09 bits per heavy atom. The summed E-state index contributed by atoms with van der Waals surface area (Å²) in [5.41, 5.74) is 0. The molecule has 0 aliphatic carbocycles. The van der Waals surface area contributed by atoms with Crippen LogP contribution in [0.4, 0.5) is 0 Å². The van der Waals surface area contributed by atoms with Crippen LogP contribution in [0.2, 0.25) is 0 Å². The van der Waals surface area contributed by atoms with Crippen molar-refractivity contribution >= 4 is 18.4 Å². The third-order valence-electron chi connectivity index (χ3n) is 5.51. The molecule has 2 unspecified atom stereocenters. The molecule has 128 valence electrons. The Labute approximate surface area is 142 Å². The molecule has 2 heterocycles. The number of hydrogen-bond acceptors (Lipinski definition) is 4. The number of carbonyl (C=O) groups excluding carboxylic acids is 1. The number of Topliss-reactive ketones (excluding diaryl/α,β-unsaturated/α-hetero) is 1. The zero-order valence-electron chi connectivity index (χ0n) is 14.6. The fourth-order valence-corrected chi connectivity index (χ4v) is 4.02. The maximum Gasteiger partial charge on any atom is 0.135 e. The van der Waals surface area contributed by atoms with Gasteiger partial charge in [0.15, 0.2) is 0 Å². The van der Waals surface area contributed by atoms with Gasteiger partial charge in [-0.1, -0.05) is 13.8 Å². The van der Waals surface area contributed by atoms with Crippen molar-refractivity contribution in [3.05, 3.63) is 0 Å². The summed E-state index contributed by atoms with van der Waals surface area (Å²) in [5.74, 6) is 2.25. The molecule has 0 saturated carbocycles. The molecule has 2 aliphatic heterocycles. The molecule has 0 spiro atoms. The van der Waals surface area contributed by atoms with Gasteiger partial charge in [-0.3, -0.25) is 9.69 Å². The Bertz CT molecular complexity index is 351. The Morgan fingerprint density at radius 2 is 1.73 bits per heavy atom. The average Bonchev–Trinajstić information content (AvgIpc) is 2.95. The number of likely N-dealkylation sites (tertiary alicyclic amines) is 2. The molecule has 4 heteroatoms. The Kier molecular flexibility index (Phi) is 7.23. The van der Waals surface area contributed by atoms with E-state index in [4.69, 9.17) is 0 Å². The van der Waals surface area contributed by atoms with Crippen molar-refractivity contribution in [1.29, 1.82) is 0 Å². The minimum absolute atomic E-state index is 0.208. The van der Waals surface area contributed by atoms with Gasteiger partial charge in [-0.2, -0.15) is 12.6 Å². The molecule has 3 nitrogen and oxygen atoms in total. The molecule has 22 heavy (non-hydrogen) atoms. The molecule has 2 saturated heterocycles. The zero-order chi connectivity index (χ0) is 16.1. The maximum atomic E-state index is 11.7. The lowest BCUT2D eigenvalue weighted by Crippen LogP contribution is -2.38. The largest absolute Gasteiger partial charge is 0.303 e. The smallest absolute Gasteiger partial charge is 0.135 e. The van der Waals surface area contributed by atoms with Crippen LogP contribution in [-0.2, 0) is 4.79 Å². The summed E-state index contributed by atoms with van der Waals surface area (Å²) < 4.78 is 0. The third kappa shape index (κ3) is 5.54. The van der Waals surface area contributed by atoms with E-state index in [1.807, 2.05) is 13.8 Å². The molecular formula is C18H34N2OS. The number of thiol groups is 1. The van der Waals surface area contributed by atoms with E-state index in [1.54, 1.807) is 0 Å². The van der Waals surface area contributed by atoms with Crippen LogP contribution in [0.3, 0.4) is 0 Å². The summed E-state index contributed by atoms with van der Waals surface area (Å²) in [6.07, 6.45) is 5.79. The van der Waals surface area contributed by atoms with Gasteiger partial charge in [0.25, 0.3) is 0 Å². The third-order valence-corrected chi connectivity index (χ3v) is 5.84. The SMILES string of the molecule is CC(C)C(=O)CCC1CCN(CC2CCN(C(C)S)C2)CC1. The van der Waals surface area contributed by atoms with E-state index >= 15 is 0 Å². The van der Waals surface area contributed by atoms with Crippen molar-refractivity contribution in [2.45, 2.75) is 58.2 Å². The lowest BCUT2D eigenvalue weighted by atomic mass is 9.89. The molecule has 0 radical (unpaired) electrons. The van der Waals surface area contributed by atoms with Crippen molar-refractivity contribution in [1.82, 2.24) is 9.80 Å². The second-order valence-electron chi connectivity index (χ2n) is 7.69. The van der Waals surface area contributed by atoms with Crippen LogP contribution in [0, 0.1) is 17.8 Å². The molecule has 2 atom stereocenters. The Balaban J connectivity index is 1.62. The summed E-state index contributed by atoms with van der Waals surface area (Å²) in [7, 11) is 0. The van der Waals surface area contributed by atoms with Crippen LogP contribution >= 0.6 is 12.6 Å². The minimum atomic E-state index is 0.208. The van der Waals surface area contributed by atoms with E-state index < -0.39 is 0 Å². The lowest BCUT2D eigenvalue weighted by molar-refractivity contribution is -0.122. The fourth-order valence-electron chi connectivity index (χ4n) is 3.81.